The third-order valence-corrected chi connectivity index (χ3v) is 9.75. The summed E-state index contributed by atoms with van der Waals surface area (Å²) in [6.45, 7) is 3.07. The molecule has 0 saturated carbocycles. The summed E-state index contributed by atoms with van der Waals surface area (Å²) in [5, 5.41) is 0. The topological polar surface area (TPSA) is 71.7 Å². The minimum absolute atomic E-state index is 0.212. The fourth-order valence-electron chi connectivity index (χ4n) is 3.53. The second kappa shape index (κ2) is 8.51. The molecule has 160 valence electrons. The van der Waals surface area contributed by atoms with Gasteiger partial charge in [0.25, 0.3) is 15.9 Å². The highest BCUT2D eigenvalue weighted by molar-refractivity contribution is 7.91. The van der Waals surface area contributed by atoms with Gasteiger partial charge in [-0.3, -0.25) is 4.79 Å². The Labute approximate surface area is 186 Å². The zero-order chi connectivity index (χ0) is 21.5. The number of nitrogens with zero attached hydrogens (tertiary/aromatic N) is 3. The highest BCUT2D eigenvalue weighted by atomic mass is 35.5. The molecule has 6 nitrogen and oxygen atoms in total. The number of halogens is 2. The number of thiophene rings is 1. The summed E-state index contributed by atoms with van der Waals surface area (Å²) in [5.74, 6) is -0.929. The number of carbonyl (C=O) groups excluding carboxylic acids is 1. The average molecular weight is 488 g/mol. The lowest BCUT2D eigenvalue weighted by Gasteiger charge is -2.29. The molecule has 1 aliphatic heterocycles. The molecule has 1 aromatic carbocycles. The van der Waals surface area contributed by atoms with Crippen LogP contribution in [-0.2, 0) is 21.4 Å². The van der Waals surface area contributed by atoms with Gasteiger partial charge < -0.3 is 4.57 Å². The Hall–Kier alpha value is -1.59. The number of thiazole rings is 1. The lowest BCUT2D eigenvalue weighted by molar-refractivity contribution is -0.122. The van der Waals surface area contributed by atoms with Gasteiger partial charge in [-0.25, -0.2) is 12.8 Å². The SMILES string of the molecule is CCn1c(=NC(=O)C2CCN(S(=O)(=O)c3ccc(Cl)s3)CC2)sc2cc(F)ccc21. The molecular formula is C19H19ClFN3O3S3. The van der Waals surface area contributed by atoms with Crippen LogP contribution in [-0.4, -0.2) is 36.3 Å². The molecule has 0 radical (unpaired) electrons. The fraction of sp³-hybridized carbons (Fsp3) is 0.368. The monoisotopic (exact) mass is 487 g/mol. The lowest BCUT2D eigenvalue weighted by Crippen LogP contribution is -2.40. The highest BCUT2D eigenvalue weighted by Crippen LogP contribution is 2.30. The Morgan fingerprint density at radius 1 is 1.23 bits per heavy atom. The van der Waals surface area contributed by atoms with Gasteiger partial charge in [-0.05, 0) is 50.1 Å². The Balaban J connectivity index is 1.52. The van der Waals surface area contributed by atoms with Crippen LogP contribution in [0.1, 0.15) is 19.8 Å². The number of aryl methyl sites for hydroxylation is 1. The molecule has 1 amide bonds. The molecule has 1 fully saturated rings. The van der Waals surface area contributed by atoms with Crippen molar-refractivity contribution in [1.29, 1.82) is 0 Å². The number of piperidine rings is 1. The van der Waals surface area contributed by atoms with Gasteiger partial charge in [0, 0.05) is 25.6 Å². The van der Waals surface area contributed by atoms with Crippen molar-refractivity contribution in [2.24, 2.45) is 10.9 Å². The van der Waals surface area contributed by atoms with Crippen LogP contribution in [0.2, 0.25) is 4.34 Å². The summed E-state index contributed by atoms with van der Waals surface area (Å²) in [5.41, 5.74) is 0.839. The van der Waals surface area contributed by atoms with Gasteiger partial charge in [-0.1, -0.05) is 22.9 Å². The zero-order valence-electron chi connectivity index (χ0n) is 16.0. The van der Waals surface area contributed by atoms with Crippen molar-refractivity contribution in [3.05, 3.63) is 45.3 Å². The number of aromatic nitrogens is 1. The molecule has 30 heavy (non-hydrogen) atoms. The first kappa shape index (κ1) is 21.6. The molecular weight excluding hydrogens is 469 g/mol. The molecule has 3 heterocycles. The van der Waals surface area contributed by atoms with Gasteiger partial charge in [-0.2, -0.15) is 9.30 Å². The predicted molar refractivity (Wildman–Crippen MR) is 117 cm³/mol. The van der Waals surface area contributed by atoms with Gasteiger partial charge in [0.2, 0.25) is 0 Å². The van der Waals surface area contributed by atoms with Gasteiger partial charge in [0.05, 0.1) is 14.6 Å². The van der Waals surface area contributed by atoms with Gasteiger partial charge in [0.1, 0.15) is 10.0 Å². The minimum Gasteiger partial charge on any atom is -0.317 e. The Morgan fingerprint density at radius 3 is 2.60 bits per heavy atom. The number of sulfonamides is 1. The molecule has 0 atom stereocenters. The van der Waals surface area contributed by atoms with Crippen molar-refractivity contribution in [2.45, 2.75) is 30.5 Å². The summed E-state index contributed by atoms with van der Waals surface area (Å²) in [6.07, 6.45) is 0.818. The smallest absolute Gasteiger partial charge is 0.252 e. The third kappa shape index (κ3) is 4.11. The maximum Gasteiger partial charge on any atom is 0.252 e. The third-order valence-electron chi connectivity index (χ3n) is 5.11. The van der Waals surface area contributed by atoms with Crippen molar-refractivity contribution in [2.75, 3.05) is 13.1 Å². The van der Waals surface area contributed by atoms with Crippen molar-refractivity contribution in [3.8, 4) is 0 Å². The average Bonchev–Trinajstić information content (AvgIpc) is 3.31. The minimum atomic E-state index is -3.59. The largest absolute Gasteiger partial charge is 0.317 e. The van der Waals surface area contributed by atoms with E-state index in [4.69, 9.17) is 11.6 Å². The van der Waals surface area contributed by atoms with Crippen molar-refractivity contribution in [3.63, 3.8) is 0 Å². The van der Waals surface area contributed by atoms with E-state index in [2.05, 4.69) is 4.99 Å². The molecule has 0 aliphatic carbocycles. The summed E-state index contributed by atoms with van der Waals surface area (Å²) < 4.78 is 43.6. The van der Waals surface area contributed by atoms with Gasteiger partial charge in [0.15, 0.2) is 4.80 Å². The molecule has 2 aromatic heterocycles. The van der Waals surface area contributed by atoms with E-state index < -0.39 is 10.0 Å². The molecule has 0 spiro atoms. The summed E-state index contributed by atoms with van der Waals surface area (Å²) >= 11 is 8.17. The Morgan fingerprint density at radius 2 is 1.97 bits per heavy atom. The molecule has 4 rings (SSSR count). The molecule has 1 aliphatic rings. The maximum atomic E-state index is 13.5. The first-order valence-electron chi connectivity index (χ1n) is 9.42. The number of rotatable bonds is 4. The standard InChI is InChI=1S/C19H19ClFN3O3S3/c1-2-24-14-4-3-13(21)11-15(14)28-19(24)22-18(25)12-7-9-23(10-8-12)30(26,27)17-6-5-16(20)29-17/h3-6,11-12H,2,7-10H2,1H3. The normalized spacial score (nSPS) is 17.1. The van der Waals surface area contributed by atoms with E-state index in [0.29, 0.717) is 28.5 Å². The van der Waals surface area contributed by atoms with Crippen molar-refractivity contribution in [1.82, 2.24) is 8.87 Å². The zero-order valence-corrected chi connectivity index (χ0v) is 19.3. The first-order chi connectivity index (χ1) is 14.3. The number of fused-ring (bicyclic) bond motifs is 1. The number of carbonyl (C=O) groups is 1. The van der Waals surface area contributed by atoms with Crippen LogP contribution in [0.3, 0.4) is 0 Å². The van der Waals surface area contributed by atoms with E-state index in [9.17, 15) is 17.6 Å². The summed E-state index contributed by atoms with van der Waals surface area (Å²) in [7, 11) is -3.59. The van der Waals surface area contributed by atoms with E-state index in [-0.39, 0.29) is 34.9 Å². The Kier molecular flexibility index (Phi) is 6.13. The molecule has 0 bridgehead atoms. The number of hydrogen-bond acceptors (Lipinski definition) is 5. The van der Waals surface area contributed by atoms with Crippen molar-refractivity contribution < 1.29 is 17.6 Å². The van der Waals surface area contributed by atoms with E-state index in [0.717, 1.165) is 21.6 Å². The van der Waals surface area contributed by atoms with Crippen LogP contribution in [0.25, 0.3) is 10.2 Å². The number of hydrogen-bond donors (Lipinski definition) is 0. The van der Waals surface area contributed by atoms with E-state index in [1.807, 2.05) is 11.5 Å². The van der Waals surface area contributed by atoms with Crippen LogP contribution in [0.4, 0.5) is 4.39 Å². The molecule has 3 aromatic rings. The van der Waals surface area contributed by atoms with Crippen LogP contribution in [0.15, 0.2) is 39.5 Å². The molecule has 0 N–H and O–H groups in total. The van der Waals surface area contributed by atoms with E-state index in [1.54, 1.807) is 12.1 Å². The fourth-order valence-corrected chi connectivity index (χ4v) is 7.76. The predicted octanol–water partition coefficient (Wildman–Crippen LogP) is 4.10. The lowest BCUT2D eigenvalue weighted by atomic mass is 9.98. The van der Waals surface area contributed by atoms with Crippen LogP contribution in [0.5, 0.6) is 0 Å². The van der Waals surface area contributed by atoms with Gasteiger partial charge in [-0.15, -0.1) is 11.3 Å². The van der Waals surface area contributed by atoms with E-state index >= 15 is 0 Å². The molecule has 11 heteroatoms. The molecule has 0 unspecified atom stereocenters. The van der Waals surface area contributed by atoms with Crippen LogP contribution >= 0.6 is 34.3 Å². The number of amides is 1. The highest BCUT2D eigenvalue weighted by Gasteiger charge is 2.33. The second-order valence-electron chi connectivity index (χ2n) is 6.93. The summed E-state index contributed by atoms with van der Waals surface area (Å²) in [4.78, 5) is 17.6. The Bertz CT molecular complexity index is 1270. The number of benzene rings is 1. The van der Waals surface area contributed by atoms with Crippen LogP contribution < -0.4 is 4.80 Å². The van der Waals surface area contributed by atoms with E-state index in [1.165, 1.54) is 33.8 Å². The first-order valence-corrected chi connectivity index (χ1v) is 12.9. The summed E-state index contributed by atoms with van der Waals surface area (Å²) in [6, 6.07) is 7.59. The van der Waals surface area contributed by atoms with Crippen molar-refractivity contribution >= 4 is 60.4 Å². The van der Waals surface area contributed by atoms with Gasteiger partial charge >= 0.3 is 0 Å². The quantitative estimate of drug-likeness (QED) is 0.556. The maximum absolute atomic E-state index is 13.5. The molecule has 1 saturated heterocycles. The second-order valence-corrected chi connectivity index (χ2v) is 11.8. The van der Waals surface area contributed by atoms with Crippen LogP contribution in [0, 0.1) is 11.7 Å².